The van der Waals surface area contributed by atoms with E-state index in [4.69, 9.17) is 5.39 Å². The van der Waals surface area contributed by atoms with Gasteiger partial charge in [-0.3, -0.25) is 4.72 Å². The first kappa shape index (κ1) is 13.1. The van der Waals surface area contributed by atoms with Crippen molar-refractivity contribution in [1.82, 2.24) is 0 Å². The lowest BCUT2D eigenvalue weighted by atomic mass is 10.2. The van der Waals surface area contributed by atoms with Gasteiger partial charge in [-0.15, -0.1) is 0 Å². The monoisotopic (exact) mass is 274 g/mol. The van der Waals surface area contributed by atoms with Crippen molar-refractivity contribution in [2.45, 2.75) is 11.8 Å². The number of rotatable bonds is 3. The Morgan fingerprint density at radius 2 is 1.68 bits per heavy atom. The summed E-state index contributed by atoms with van der Waals surface area (Å²) in [6.07, 6.45) is 0. The van der Waals surface area contributed by atoms with Crippen LogP contribution < -0.4 is 4.72 Å². The average Bonchev–Trinajstić information content (AvgIpc) is 2.39. The van der Waals surface area contributed by atoms with Gasteiger partial charge in [0, 0.05) is 6.07 Å². The van der Waals surface area contributed by atoms with Crippen LogP contribution in [0.2, 0.25) is 0 Å². The summed E-state index contributed by atoms with van der Waals surface area (Å²) < 4.78 is 26.7. The molecule has 6 heteroatoms. The van der Waals surface area contributed by atoms with Crippen molar-refractivity contribution >= 4 is 21.4 Å². The summed E-state index contributed by atoms with van der Waals surface area (Å²) in [5.74, 6) is 0. The van der Waals surface area contributed by atoms with E-state index in [0.29, 0.717) is 0 Å². The molecule has 2 rings (SSSR count). The van der Waals surface area contributed by atoms with E-state index in [1.54, 1.807) is 24.3 Å². The van der Waals surface area contributed by atoms with Crippen LogP contribution in [-0.4, -0.2) is 8.42 Å². The van der Waals surface area contributed by atoms with E-state index in [-0.39, 0.29) is 16.3 Å². The molecule has 2 aromatic carbocycles. The molecule has 96 valence electrons. The van der Waals surface area contributed by atoms with Crippen LogP contribution in [0.3, 0.4) is 0 Å². The van der Waals surface area contributed by atoms with Crippen molar-refractivity contribution in [1.29, 1.82) is 5.39 Å². The third-order valence-corrected chi connectivity index (χ3v) is 3.97. The number of para-hydroxylation sites is 1. The molecule has 1 N–H and O–H groups in total. The summed E-state index contributed by atoms with van der Waals surface area (Å²) in [7, 11) is -3.68. The van der Waals surface area contributed by atoms with Gasteiger partial charge in [0.05, 0.1) is 4.90 Å². The predicted molar refractivity (Wildman–Crippen MR) is 73.2 cm³/mol. The quantitative estimate of drug-likeness (QED) is 0.873. The van der Waals surface area contributed by atoms with Gasteiger partial charge in [0.2, 0.25) is 5.39 Å². The van der Waals surface area contributed by atoms with Crippen molar-refractivity contribution in [2.24, 2.45) is 0 Å². The SMILES string of the molecule is Cc1ccc(S(=O)(=O)Nc2ccccc2[N+]#N)cc1. The lowest BCUT2D eigenvalue weighted by molar-refractivity contribution is 0.601. The molecule has 0 saturated heterocycles. The zero-order valence-corrected chi connectivity index (χ0v) is 11.1. The molecule has 0 aromatic heterocycles. The minimum atomic E-state index is -3.68. The fourth-order valence-electron chi connectivity index (χ4n) is 1.57. The summed E-state index contributed by atoms with van der Waals surface area (Å²) in [4.78, 5) is 3.19. The number of aryl methyl sites for hydroxylation is 1. The van der Waals surface area contributed by atoms with Crippen molar-refractivity contribution in [2.75, 3.05) is 4.72 Å². The van der Waals surface area contributed by atoms with E-state index >= 15 is 0 Å². The van der Waals surface area contributed by atoms with E-state index in [1.807, 2.05) is 6.92 Å². The standard InChI is InChI=1S/C13H12N3O2S/c1-10-6-8-11(9-7-10)19(17,18)16-13-5-3-2-4-12(13)15-14/h2-9,16H,1H3/q+1. The van der Waals surface area contributed by atoms with Crippen LogP contribution >= 0.6 is 0 Å². The zero-order valence-electron chi connectivity index (χ0n) is 10.2. The number of anilines is 1. The Hall–Kier alpha value is -2.39. The van der Waals surface area contributed by atoms with Crippen LogP contribution in [0.5, 0.6) is 0 Å². The third kappa shape index (κ3) is 2.89. The Morgan fingerprint density at radius 3 is 2.32 bits per heavy atom. The molecule has 0 heterocycles. The van der Waals surface area contributed by atoms with Crippen molar-refractivity contribution < 1.29 is 8.42 Å². The molecule has 0 aliphatic heterocycles. The number of hydrogen-bond acceptors (Lipinski definition) is 3. The molecule has 0 aliphatic rings. The van der Waals surface area contributed by atoms with E-state index in [1.165, 1.54) is 24.3 Å². The third-order valence-electron chi connectivity index (χ3n) is 2.59. The summed E-state index contributed by atoms with van der Waals surface area (Å²) in [6.45, 7) is 1.88. The Morgan fingerprint density at radius 1 is 1.05 bits per heavy atom. The molecule has 19 heavy (non-hydrogen) atoms. The smallest absolute Gasteiger partial charge is 0.272 e. The highest BCUT2D eigenvalue weighted by molar-refractivity contribution is 7.92. The number of benzene rings is 2. The van der Waals surface area contributed by atoms with Gasteiger partial charge in [-0.1, -0.05) is 29.8 Å². The van der Waals surface area contributed by atoms with Gasteiger partial charge in [0.25, 0.3) is 10.0 Å². The molecule has 0 aliphatic carbocycles. The normalized spacial score (nSPS) is 10.7. The minimum absolute atomic E-state index is 0.158. The maximum atomic E-state index is 12.1. The Labute approximate surface area is 111 Å². The predicted octanol–water partition coefficient (Wildman–Crippen LogP) is 3.28. The maximum absolute atomic E-state index is 12.1. The number of diazo groups is 1. The summed E-state index contributed by atoms with van der Waals surface area (Å²) in [5, 5.41) is 8.81. The first-order chi connectivity index (χ1) is 9.03. The molecule has 2 aromatic rings. The van der Waals surface area contributed by atoms with E-state index in [0.717, 1.165) is 5.56 Å². The number of nitrogens with one attached hydrogen (secondary N) is 1. The number of sulfonamides is 1. The van der Waals surface area contributed by atoms with Gasteiger partial charge in [-0.2, -0.15) is 0 Å². The highest BCUT2D eigenvalue weighted by Crippen LogP contribution is 2.26. The molecule has 5 nitrogen and oxygen atoms in total. The number of hydrogen-bond donors (Lipinski definition) is 1. The van der Waals surface area contributed by atoms with Crippen molar-refractivity contribution in [3.05, 3.63) is 59.1 Å². The second-order valence-electron chi connectivity index (χ2n) is 4.04. The van der Waals surface area contributed by atoms with Crippen molar-refractivity contribution in [3.8, 4) is 0 Å². The molecule has 0 unspecified atom stereocenters. The molecule has 0 atom stereocenters. The molecule has 0 spiro atoms. The summed E-state index contributed by atoms with van der Waals surface area (Å²) in [5.41, 5.74) is 1.37. The van der Waals surface area contributed by atoms with Gasteiger partial charge in [0.15, 0.2) is 4.98 Å². The van der Waals surface area contributed by atoms with Crippen molar-refractivity contribution in [3.63, 3.8) is 0 Å². The molecule has 0 radical (unpaired) electrons. The topological polar surface area (TPSA) is 74.3 Å². The lowest BCUT2D eigenvalue weighted by Crippen LogP contribution is -2.12. The molecule has 0 bridgehead atoms. The molecular formula is C13H12N3O2S+. The fraction of sp³-hybridized carbons (Fsp3) is 0.0769. The Bertz CT molecular complexity index is 731. The largest absolute Gasteiger partial charge is 0.408 e. The van der Waals surface area contributed by atoms with Crippen LogP contribution in [0.15, 0.2) is 53.4 Å². The van der Waals surface area contributed by atoms with Crippen LogP contribution in [0.1, 0.15) is 5.56 Å². The lowest BCUT2D eigenvalue weighted by Gasteiger charge is -2.06. The second-order valence-corrected chi connectivity index (χ2v) is 5.72. The van der Waals surface area contributed by atoms with E-state index < -0.39 is 10.0 Å². The van der Waals surface area contributed by atoms with Gasteiger partial charge in [0.1, 0.15) is 5.69 Å². The van der Waals surface area contributed by atoms with Gasteiger partial charge in [-0.25, -0.2) is 8.42 Å². The van der Waals surface area contributed by atoms with Gasteiger partial charge >= 0.3 is 5.69 Å². The molecular weight excluding hydrogens is 262 g/mol. The van der Waals surface area contributed by atoms with Crippen LogP contribution in [0, 0.1) is 12.3 Å². The highest BCUT2D eigenvalue weighted by Gasteiger charge is 2.20. The maximum Gasteiger partial charge on any atom is 0.408 e. The highest BCUT2D eigenvalue weighted by atomic mass is 32.2. The van der Waals surface area contributed by atoms with E-state index in [2.05, 4.69) is 9.70 Å². The first-order valence-corrected chi connectivity index (χ1v) is 7.05. The summed E-state index contributed by atoms with van der Waals surface area (Å²) >= 11 is 0. The van der Waals surface area contributed by atoms with Gasteiger partial charge < -0.3 is 0 Å². The van der Waals surface area contributed by atoms with E-state index in [9.17, 15) is 8.42 Å². The zero-order chi connectivity index (χ0) is 13.9. The fourth-order valence-corrected chi connectivity index (χ4v) is 2.64. The van der Waals surface area contributed by atoms with Crippen LogP contribution in [0.25, 0.3) is 4.98 Å². The van der Waals surface area contributed by atoms with Crippen LogP contribution in [0.4, 0.5) is 11.4 Å². The Balaban J connectivity index is 2.37. The molecule has 0 fully saturated rings. The van der Waals surface area contributed by atoms with Crippen LogP contribution in [-0.2, 0) is 10.0 Å². The van der Waals surface area contributed by atoms with Gasteiger partial charge in [-0.05, 0) is 25.1 Å². The first-order valence-electron chi connectivity index (χ1n) is 5.56. The molecule has 0 amide bonds. The molecule has 0 saturated carbocycles. The average molecular weight is 274 g/mol. The Kier molecular flexibility index (Phi) is 3.49. The second kappa shape index (κ2) is 5.08. The summed E-state index contributed by atoms with van der Waals surface area (Å²) in [6, 6.07) is 12.8. The minimum Gasteiger partial charge on any atom is -0.272 e. The number of nitrogens with zero attached hydrogens (tertiary/aromatic N) is 2.